The van der Waals surface area contributed by atoms with Crippen LogP contribution in [0.5, 0.6) is 0 Å². The molecule has 2 rings (SSSR count). The number of piperidine rings is 1. The predicted molar refractivity (Wildman–Crippen MR) is 93.5 cm³/mol. The number of nitrogens with zero attached hydrogens (tertiary/aromatic N) is 2. The highest BCUT2D eigenvalue weighted by atomic mass is 16.3. The fraction of sp³-hybridized carbons (Fsp3) is 0.526. The molecule has 4 nitrogen and oxygen atoms in total. The van der Waals surface area contributed by atoms with Gasteiger partial charge in [0.1, 0.15) is 5.60 Å². The molecule has 0 radical (unpaired) electrons. The number of rotatable bonds is 5. The van der Waals surface area contributed by atoms with E-state index in [1.54, 1.807) is 4.90 Å². The molecule has 1 aliphatic rings. The summed E-state index contributed by atoms with van der Waals surface area (Å²) in [6.45, 7) is 4.19. The molecule has 0 aromatic heterocycles. The topological polar surface area (TPSA) is 43.8 Å². The van der Waals surface area contributed by atoms with Crippen LogP contribution in [0, 0.1) is 12.3 Å². The van der Waals surface area contributed by atoms with Crippen molar-refractivity contribution in [2.75, 3.05) is 31.6 Å². The predicted octanol–water partition coefficient (Wildman–Crippen LogP) is 2.52. The number of hydrogen-bond acceptors (Lipinski definition) is 3. The summed E-state index contributed by atoms with van der Waals surface area (Å²) in [5.74, 6) is 2.43. The van der Waals surface area contributed by atoms with Gasteiger partial charge in [0, 0.05) is 50.8 Å². The summed E-state index contributed by atoms with van der Waals surface area (Å²) < 4.78 is 0. The molecule has 0 spiro atoms. The maximum atomic E-state index is 12.5. The van der Waals surface area contributed by atoms with Gasteiger partial charge in [0.05, 0.1) is 0 Å². The zero-order valence-corrected chi connectivity index (χ0v) is 14.1. The average molecular weight is 314 g/mol. The minimum absolute atomic E-state index is 0.00633. The van der Waals surface area contributed by atoms with Gasteiger partial charge in [-0.25, -0.2) is 0 Å². The first-order valence-electron chi connectivity index (χ1n) is 8.30. The van der Waals surface area contributed by atoms with Crippen molar-refractivity contribution >= 4 is 11.6 Å². The molecule has 23 heavy (non-hydrogen) atoms. The molecule has 1 aliphatic heterocycles. The number of amides is 1. The van der Waals surface area contributed by atoms with E-state index >= 15 is 0 Å². The monoisotopic (exact) mass is 314 g/mol. The third kappa shape index (κ3) is 4.27. The van der Waals surface area contributed by atoms with Gasteiger partial charge in [-0.3, -0.25) is 4.79 Å². The molecular weight excluding hydrogens is 288 g/mol. The quantitative estimate of drug-likeness (QED) is 0.849. The number of terminal acetylenes is 1. The standard InChI is InChI=1S/C19H26N2O2/c1-4-6-13-20(3)17-9-7-16(8-10-17)18(22)21-14-11-19(23,5-2)12-15-21/h2,7-10,23H,4,6,11-15H2,1,3H3. The van der Waals surface area contributed by atoms with Crippen LogP contribution < -0.4 is 4.90 Å². The molecule has 0 saturated carbocycles. The molecule has 0 bridgehead atoms. The number of anilines is 1. The van der Waals surface area contributed by atoms with Crippen molar-refractivity contribution in [1.29, 1.82) is 0 Å². The van der Waals surface area contributed by atoms with E-state index in [1.165, 1.54) is 6.42 Å². The van der Waals surface area contributed by atoms with Crippen molar-refractivity contribution < 1.29 is 9.90 Å². The summed E-state index contributed by atoms with van der Waals surface area (Å²) in [5, 5.41) is 10.0. The van der Waals surface area contributed by atoms with Gasteiger partial charge in [-0.15, -0.1) is 6.42 Å². The van der Waals surface area contributed by atoms with E-state index in [0.717, 1.165) is 18.7 Å². The number of aliphatic hydroxyl groups is 1. The van der Waals surface area contributed by atoms with Gasteiger partial charge in [0.15, 0.2) is 0 Å². The van der Waals surface area contributed by atoms with Gasteiger partial charge in [0.2, 0.25) is 0 Å². The van der Waals surface area contributed by atoms with Gasteiger partial charge in [-0.1, -0.05) is 19.3 Å². The summed E-state index contributed by atoms with van der Waals surface area (Å²) in [6, 6.07) is 7.74. The molecule has 1 saturated heterocycles. The molecule has 1 amide bonds. The van der Waals surface area contributed by atoms with E-state index in [-0.39, 0.29) is 5.91 Å². The zero-order chi connectivity index (χ0) is 16.9. The molecule has 1 aromatic carbocycles. The Morgan fingerprint density at radius 2 is 1.96 bits per heavy atom. The highest BCUT2D eigenvalue weighted by Crippen LogP contribution is 2.23. The van der Waals surface area contributed by atoms with Crippen molar-refractivity contribution in [3.63, 3.8) is 0 Å². The van der Waals surface area contributed by atoms with Crippen LogP contribution in [0.15, 0.2) is 24.3 Å². The SMILES string of the molecule is C#CC1(O)CCN(C(=O)c2ccc(N(C)CCCC)cc2)CC1. The van der Waals surface area contributed by atoms with Crippen molar-refractivity contribution in [2.45, 2.75) is 38.2 Å². The largest absolute Gasteiger partial charge is 0.377 e. The summed E-state index contributed by atoms with van der Waals surface area (Å²) in [4.78, 5) is 16.5. The molecule has 1 aromatic rings. The third-order valence-electron chi connectivity index (χ3n) is 4.55. The van der Waals surface area contributed by atoms with Crippen LogP contribution in [0.25, 0.3) is 0 Å². The Hall–Kier alpha value is -1.99. The number of carbonyl (C=O) groups excluding carboxylic acids is 1. The zero-order valence-electron chi connectivity index (χ0n) is 14.1. The molecule has 0 atom stereocenters. The Morgan fingerprint density at radius 3 is 2.48 bits per heavy atom. The maximum absolute atomic E-state index is 12.5. The lowest BCUT2D eigenvalue weighted by atomic mass is 9.92. The fourth-order valence-corrected chi connectivity index (χ4v) is 2.79. The van der Waals surface area contributed by atoms with Crippen molar-refractivity contribution in [2.24, 2.45) is 0 Å². The van der Waals surface area contributed by atoms with Crippen LogP contribution in [0.4, 0.5) is 5.69 Å². The van der Waals surface area contributed by atoms with Crippen molar-refractivity contribution in [3.8, 4) is 12.3 Å². The van der Waals surface area contributed by atoms with Gasteiger partial charge in [-0.2, -0.15) is 0 Å². The van der Waals surface area contributed by atoms with Gasteiger partial charge >= 0.3 is 0 Å². The lowest BCUT2D eigenvalue weighted by Gasteiger charge is -2.35. The second kappa shape index (κ2) is 7.52. The normalized spacial score (nSPS) is 16.7. The van der Waals surface area contributed by atoms with E-state index in [2.05, 4.69) is 24.8 Å². The van der Waals surface area contributed by atoms with Crippen LogP contribution in [0.2, 0.25) is 0 Å². The van der Waals surface area contributed by atoms with Crippen LogP contribution in [-0.2, 0) is 0 Å². The van der Waals surface area contributed by atoms with E-state index in [0.29, 0.717) is 31.5 Å². The molecule has 124 valence electrons. The number of unbranched alkanes of at least 4 members (excludes halogenated alkanes) is 1. The highest BCUT2D eigenvalue weighted by molar-refractivity contribution is 5.94. The van der Waals surface area contributed by atoms with Gasteiger partial charge < -0.3 is 14.9 Å². The smallest absolute Gasteiger partial charge is 0.253 e. The second-order valence-corrected chi connectivity index (χ2v) is 6.29. The van der Waals surface area contributed by atoms with Crippen molar-refractivity contribution in [3.05, 3.63) is 29.8 Å². The fourth-order valence-electron chi connectivity index (χ4n) is 2.79. The lowest BCUT2D eigenvalue weighted by Crippen LogP contribution is -2.45. The molecule has 1 fully saturated rings. The number of benzene rings is 1. The van der Waals surface area contributed by atoms with E-state index in [4.69, 9.17) is 6.42 Å². The van der Waals surface area contributed by atoms with Crippen LogP contribution in [0.3, 0.4) is 0 Å². The highest BCUT2D eigenvalue weighted by Gasteiger charge is 2.32. The summed E-state index contributed by atoms with van der Waals surface area (Å²) in [6.07, 6.45) is 8.54. The lowest BCUT2D eigenvalue weighted by molar-refractivity contribution is 0.0250. The Morgan fingerprint density at radius 1 is 1.35 bits per heavy atom. The number of likely N-dealkylation sites (tertiary alicyclic amines) is 1. The van der Waals surface area contributed by atoms with Crippen molar-refractivity contribution in [1.82, 2.24) is 4.90 Å². The molecule has 0 aliphatic carbocycles. The summed E-state index contributed by atoms with van der Waals surface area (Å²) in [5.41, 5.74) is 0.752. The number of hydrogen-bond donors (Lipinski definition) is 1. The van der Waals surface area contributed by atoms with Gasteiger partial charge in [-0.05, 0) is 30.7 Å². The van der Waals surface area contributed by atoms with Crippen LogP contribution in [0.1, 0.15) is 43.0 Å². The van der Waals surface area contributed by atoms with E-state index in [9.17, 15) is 9.90 Å². The van der Waals surface area contributed by atoms with Gasteiger partial charge in [0.25, 0.3) is 5.91 Å². The third-order valence-corrected chi connectivity index (χ3v) is 4.55. The Labute approximate surface area is 139 Å². The minimum atomic E-state index is -1.05. The maximum Gasteiger partial charge on any atom is 0.253 e. The second-order valence-electron chi connectivity index (χ2n) is 6.29. The van der Waals surface area contributed by atoms with Crippen LogP contribution in [-0.4, -0.2) is 48.2 Å². The molecule has 4 heteroatoms. The Kier molecular flexibility index (Phi) is 5.68. The first kappa shape index (κ1) is 17.4. The molecule has 1 heterocycles. The molecular formula is C19H26N2O2. The summed E-state index contributed by atoms with van der Waals surface area (Å²) >= 11 is 0. The Bertz CT molecular complexity index is 566. The number of carbonyl (C=O) groups is 1. The van der Waals surface area contributed by atoms with E-state index in [1.807, 2.05) is 24.3 Å². The first-order valence-corrected chi connectivity index (χ1v) is 8.30. The minimum Gasteiger partial charge on any atom is -0.377 e. The molecule has 0 unspecified atom stereocenters. The first-order chi connectivity index (χ1) is 11.0. The van der Waals surface area contributed by atoms with Crippen LogP contribution >= 0.6 is 0 Å². The Balaban J connectivity index is 1.97. The average Bonchev–Trinajstić information content (AvgIpc) is 2.60. The summed E-state index contributed by atoms with van der Waals surface area (Å²) in [7, 11) is 2.07. The van der Waals surface area contributed by atoms with E-state index < -0.39 is 5.60 Å². The molecule has 1 N–H and O–H groups in total.